The molecule has 0 aromatic heterocycles. The van der Waals surface area contributed by atoms with Crippen LogP contribution >= 0.6 is 0 Å². The van der Waals surface area contributed by atoms with Crippen LogP contribution in [0.5, 0.6) is 11.5 Å². The highest BCUT2D eigenvalue weighted by Crippen LogP contribution is 2.21. The molecule has 23 heavy (non-hydrogen) atoms. The number of carbonyl (C=O) groups is 3. The molecule has 0 spiro atoms. The molecule has 1 unspecified atom stereocenters. The third kappa shape index (κ3) is 4.41. The fraction of sp³-hybridized carbons (Fsp3) is 0.118. The second-order valence-corrected chi connectivity index (χ2v) is 4.78. The predicted octanol–water partition coefficient (Wildman–Crippen LogP) is 2.25. The van der Waals surface area contributed by atoms with Gasteiger partial charge in [0.15, 0.2) is 11.8 Å². The number of carboxylic acid groups (broad SMARTS) is 1. The number of benzene rings is 2. The van der Waals surface area contributed by atoms with Gasteiger partial charge in [-0.2, -0.15) is 0 Å². The summed E-state index contributed by atoms with van der Waals surface area (Å²) in [5, 5.41) is 11.2. The van der Waals surface area contributed by atoms with Gasteiger partial charge in [-0.3, -0.25) is 9.59 Å². The number of amides is 1. The molecule has 0 saturated carbocycles. The highest BCUT2D eigenvalue weighted by atomic mass is 16.5. The predicted molar refractivity (Wildman–Crippen MR) is 82.5 cm³/mol. The van der Waals surface area contributed by atoms with Crippen molar-refractivity contribution < 1.29 is 24.2 Å². The summed E-state index contributed by atoms with van der Waals surface area (Å²) in [5.74, 6) is -1.53. The summed E-state index contributed by atoms with van der Waals surface area (Å²) in [4.78, 5) is 34.3. The number of rotatable bonds is 6. The van der Waals surface area contributed by atoms with Gasteiger partial charge in [-0.15, -0.1) is 0 Å². The first-order valence-electron chi connectivity index (χ1n) is 6.84. The van der Waals surface area contributed by atoms with Gasteiger partial charge in [0.25, 0.3) is 0 Å². The molecule has 1 amide bonds. The first kappa shape index (κ1) is 16.2. The minimum absolute atomic E-state index is 0.173. The van der Waals surface area contributed by atoms with E-state index in [9.17, 15) is 14.4 Å². The molecular weight excluding hydrogens is 298 g/mol. The van der Waals surface area contributed by atoms with E-state index in [1.807, 2.05) is 18.2 Å². The van der Waals surface area contributed by atoms with Crippen molar-refractivity contribution in [3.05, 3.63) is 60.2 Å². The number of aliphatic carboxylic acids is 1. The lowest BCUT2D eigenvalue weighted by Gasteiger charge is -2.12. The number of ether oxygens (including phenoxy) is 1. The number of Topliss-reactive ketones (excluding diaryl/α,β-unsaturated/α-hetero) is 1. The third-order valence-corrected chi connectivity index (χ3v) is 2.97. The summed E-state index contributed by atoms with van der Waals surface area (Å²) >= 11 is 0. The Hall–Kier alpha value is -3.15. The molecule has 0 saturated heterocycles. The van der Waals surface area contributed by atoms with Crippen LogP contribution < -0.4 is 10.1 Å². The van der Waals surface area contributed by atoms with Crippen LogP contribution in [0.3, 0.4) is 0 Å². The lowest BCUT2D eigenvalue weighted by Crippen LogP contribution is -2.45. The van der Waals surface area contributed by atoms with E-state index in [4.69, 9.17) is 9.84 Å². The van der Waals surface area contributed by atoms with E-state index in [-0.39, 0.29) is 5.56 Å². The van der Waals surface area contributed by atoms with Gasteiger partial charge in [0.1, 0.15) is 11.5 Å². The molecule has 0 aliphatic carbocycles. The molecule has 118 valence electrons. The van der Waals surface area contributed by atoms with Crippen LogP contribution in [0.15, 0.2) is 54.6 Å². The van der Waals surface area contributed by atoms with Crippen LogP contribution in [0.4, 0.5) is 0 Å². The van der Waals surface area contributed by atoms with Crippen LogP contribution in [-0.2, 0) is 9.59 Å². The van der Waals surface area contributed by atoms with E-state index < -0.39 is 23.7 Å². The number of hydrogen-bond acceptors (Lipinski definition) is 4. The number of nitrogens with one attached hydrogen (secondary N) is 1. The van der Waals surface area contributed by atoms with Gasteiger partial charge >= 0.3 is 5.97 Å². The largest absolute Gasteiger partial charge is 0.479 e. The van der Waals surface area contributed by atoms with Crippen molar-refractivity contribution in [1.29, 1.82) is 0 Å². The molecule has 2 aromatic carbocycles. The minimum atomic E-state index is -1.60. The molecule has 2 N–H and O–H groups in total. The lowest BCUT2D eigenvalue weighted by molar-refractivity contribution is -0.140. The van der Waals surface area contributed by atoms with E-state index in [2.05, 4.69) is 5.32 Å². The molecule has 0 aliphatic heterocycles. The fourth-order valence-corrected chi connectivity index (χ4v) is 1.92. The molecule has 0 heterocycles. The minimum Gasteiger partial charge on any atom is -0.479 e. The standard InChI is InChI=1S/C17H15NO5/c1-11(19)18-15(17(21)22)16(20)12-7-9-14(10-8-12)23-13-5-3-2-4-6-13/h2-10,15H,1H3,(H,18,19)(H,21,22). The summed E-state index contributed by atoms with van der Waals surface area (Å²) in [6.45, 7) is 1.15. The zero-order valence-corrected chi connectivity index (χ0v) is 12.4. The van der Waals surface area contributed by atoms with Gasteiger partial charge in [0.2, 0.25) is 5.91 Å². The first-order valence-corrected chi connectivity index (χ1v) is 6.84. The molecular formula is C17H15NO5. The molecule has 1 atom stereocenters. The normalized spacial score (nSPS) is 11.3. The van der Waals surface area contributed by atoms with Gasteiger partial charge < -0.3 is 15.2 Å². The van der Waals surface area contributed by atoms with E-state index in [1.165, 1.54) is 12.1 Å². The average molecular weight is 313 g/mol. The quantitative estimate of drug-likeness (QED) is 0.630. The number of carboxylic acids is 1. The zero-order valence-electron chi connectivity index (χ0n) is 12.4. The second-order valence-electron chi connectivity index (χ2n) is 4.78. The Morgan fingerprint density at radius 2 is 1.52 bits per heavy atom. The van der Waals surface area contributed by atoms with Crippen molar-refractivity contribution in [3.8, 4) is 11.5 Å². The number of para-hydroxylation sites is 1. The zero-order chi connectivity index (χ0) is 16.8. The number of carbonyl (C=O) groups excluding carboxylic acids is 2. The van der Waals surface area contributed by atoms with Gasteiger partial charge in [-0.1, -0.05) is 18.2 Å². The Labute approximate surface area is 132 Å². The van der Waals surface area contributed by atoms with Crippen molar-refractivity contribution >= 4 is 17.7 Å². The molecule has 2 aromatic rings. The highest BCUT2D eigenvalue weighted by Gasteiger charge is 2.27. The van der Waals surface area contributed by atoms with Gasteiger partial charge in [0, 0.05) is 12.5 Å². The van der Waals surface area contributed by atoms with Crippen LogP contribution in [0, 0.1) is 0 Å². The van der Waals surface area contributed by atoms with Crippen LogP contribution in [0.25, 0.3) is 0 Å². The molecule has 0 fully saturated rings. The van der Waals surface area contributed by atoms with E-state index >= 15 is 0 Å². The number of ketones is 1. The van der Waals surface area contributed by atoms with Crippen molar-refractivity contribution in [2.45, 2.75) is 13.0 Å². The number of hydrogen-bond donors (Lipinski definition) is 2. The maximum absolute atomic E-state index is 12.2. The van der Waals surface area contributed by atoms with E-state index in [0.29, 0.717) is 11.5 Å². The molecule has 6 heteroatoms. The second kappa shape index (κ2) is 7.22. The molecule has 2 rings (SSSR count). The average Bonchev–Trinajstić information content (AvgIpc) is 2.53. The van der Waals surface area contributed by atoms with Crippen LogP contribution in [-0.4, -0.2) is 28.8 Å². The third-order valence-electron chi connectivity index (χ3n) is 2.97. The van der Waals surface area contributed by atoms with E-state index in [0.717, 1.165) is 6.92 Å². The van der Waals surface area contributed by atoms with Crippen molar-refractivity contribution in [2.24, 2.45) is 0 Å². The molecule has 0 aliphatic rings. The Morgan fingerprint density at radius 3 is 2.04 bits per heavy atom. The van der Waals surface area contributed by atoms with Gasteiger partial charge in [-0.05, 0) is 36.4 Å². The Kier molecular flexibility index (Phi) is 5.09. The maximum Gasteiger partial charge on any atom is 0.334 e. The summed E-state index contributed by atoms with van der Waals surface area (Å²) in [6, 6.07) is 13.5. The molecule has 6 nitrogen and oxygen atoms in total. The summed E-state index contributed by atoms with van der Waals surface area (Å²) in [7, 11) is 0. The van der Waals surface area contributed by atoms with Crippen LogP contribution in [0.1, 0.15) is 17.3 Å². The van der Waals surface area contributed by atoms with E-state index in [1.54, 1.807) is 24.3 Å². The highest BCUT2D eigenvalue weighted by molar-refractivity contribution is 6.13. The Balaban J connectivity index is 2.13. The van der Waals surface area contributed by atoms with Crippen molar-refractivity contribution in [1.82, 2.24) is 5.32 Å². The smallest absolute Gasteiger partial charge is 0.334 e. The summed E-state index contributed by atoms with van der Waals surface area (Å²) < 4.78 is 5.59. The lowest BCUT2D eigenvalue weighted by atomic mass is 10.0. The van der Waals surface area contributed by atoms with Crippen LogP contribution in [0.2, 0.25) is 0 Å². The topological polar surface area (TPSA) is 92.7 Å². The van der Waals surface area contributed by atoms with Crippen molar-refractivity contribution in [2.75, 3.05) is 0 Å². The van der Waals surface area contributed by atoms with Gasteiger partial charge in [0.05, 0.1) is 0 Å². The first-order chi connectivity index (χ1) is 11.0. The fourth-order valence-electron chi connectivity index (χ4n) is 1.92. The Morgan fingerprint density at radius 1 is 0.957 bits per heavy atom. The SMILES string of the molecule is CC(=O)NC(C(=O)O)C(=O)c1ccc(Oc2ccccc2)cc1. The van der Waals surface area contributed by atoms with Gasteiger partial charge in [-0.25, -0.2) is 4.79 Å². The monoisotopic (exact) mass is 313 g/mol. The maximum atomic E-state index is 12.2. The molecule has 0 bridgehead atoms. The molecule has 0 radical (unpaired) electrons. The summed E-state index contributed by atoms with van der Waals surface area (Å²) in [5.41, 5.74) is 0.173. The van der Waals surface area contributed by atoms with Crippen molar-refractivity contribution in [3.63, 3.8) is 0 Å². The Bertz CT molecular complexity index is 710. The summed E-state index contributed by atoms with van der Waals surface area (Å²) in [6.07, 6.45) is 0.